The van der Waals surface area contributed by atoms with Crippen LogP contribution in [0.5, 0.6) is 0 Å². The molecule has 162 valence electrons. The minimum atomic E-state index is -3.91. The lowest BCUT2D eigenvalue weighted by atomic mass is 9.98. The Labute approximate surface area is 175 Å². The molecule has 1 aliphatic heterocycles. The van der Waals surface area contributed by atoms with Crippen LogP contribution in [-0.2, 0) is 27.0 Å². The van der Waals surface area contributed by atoms with E-state index >= 15 is 0 Å². The highest BCUT2D eigenvalue weighted by molar-refractivity contribution is 7.91. The predicted octanol–water partition coefficient (Wildman–Crippen LogP) is 2.57. The number of anilines is 1. The molecule has 3 N–H and O–H groups in total. The van der Waals surface area contributed by atoms with Gasteiger partial charge in [-0.2, -0.15) is 0 Å². The fourth-order valence-electron chi connectivity index (χ4n) is 3.40. The van der Waals surface area contributed by atoms with Crippen LogP contribution in [0.3, 0.4) is 0 Å². The van der Waals surface area contributed by atoms with Crippen molar-refractivity contribution in [1.29, 1.82) is 0 Å². The summed E-state index contributed by atoms with van der Waals surface area (Å²) in [7, 11) is -3.91. The van der Waals surface area contributed by atoms with Gasteiger partial charge in [0.2, 0.25) is 15.9 Å². The van der Waals surface area contributed by atoms with Crippen molar-refractivity contribution in [3.8, 4) is 0 Å². The smallest absolute Gasteiger partial charge is 0.237 e. The summed E-state index contributed by atoms with van der Waals surface area (Å²) in [5.74, 6) is -2.49. The summed E-state index contributed by atoms with van der Waals surface area (Å²) in [6.07, 6.45) is 1.36. The molecular weight excluding hydrogens is 412 g/mol. The Morgan fingerprint density at radius 1 is 1.07 bits per heavy atom. The van der Waals surface area contributed by atoms with Gasteiger partial charge in [-0.25, -0.2) is 17.2 Å². The van der Waals surface area contributed by atoms with Gasteiger partial charge in [0.1, 0.15) is 5.82 Å². The van der Waals surface area contributed by atoms with Gasteiger partial charge in [-0.05, 0) is 49.5 Å². The Morgan fingerprint density at radius 3 is 2.47 bits per heavy atom. The summed E-state index contributed by atoms with van der Waals surface area (Å²) in [6.45, 7) is 2.22. The molecule has 1 saturated heterocycles. The Bertz CT molecular complexity index is 978. The lowest BCUT2D eigenvalue weighted by Crippen LogP contribution is -2.36. The van der Waals surface area contributed by atoms with Crippen LogP contribution in [0.1, 0.15) is 24.0 Å². The Balaban J connectivity index is 1.66. The Morgan fingerprint density at radius 2 is 1.77 bits per heavy atom. The zero-order chi connectivity index (χ0) is 21.6. The molecule has 0 atom stereocenters. The Hall–Kier alpha value is -2.52. The first-order valence-corrected chi connectivity index (χ1v) is 11.5. The molecular formula is C21H25F2N3O3S. The van der Waals surface area contributed by atoms with Gasteiger partial charge < -0.3 is 10.6 Å². The lowest BCUT2D eigenvalue weighted by molar-refractivity contribution is -0.120. The number of amides is 1. The molecule has 1 fully saturated rings. The van der Waals surface area contributed by atoms with E-state index in [0.717, 1.165) is 38.1 Å². The van der Waals surface area contributed by atoms with Gasteiger partial charge in [0.05, 0.1) is 17.9 Å². The molecule has 9 heteroatoms. The van der Waals surface area contributed by atoms with Crippen molar-refractivity contribution in [3.05, 3.63) is 65.2 Å². The molecule has 3 rings (SSSR count). The number of carbonyl (C=O) groups is 1. The zero-order valence-corrected chi connectivity index (χ0v) is 17.3. The quantitative estimate of drug-likeness (QED) is 0.592. The maximum Gasteiger partial charge on any atom is 0.237 e. The number of sulfonamides is 1. The molecule has 1 aliphatic rings. The second-order valence-electron chi connectivity index (χ2n) is 7.41. The lowest BCUT2D eigenvalue weighted by Gasteiger charge is -2.22. The predicted molar refractivity (Wildman–Crippen MR) is 111 cm³/mol. The molecule has 30 heavy (non-hydrogen) atoms. The maximum absolute atomic E-state index is 14.8. The molecule has 0 aliphatic carbocycles. The van der Waals surface area contributed by atoms with Crippen molar-refractivity contribution in [2.24, 2.45) is 5.92 Å². The SMILES string of the molecule is O=C(Cc1c(F)ccc(NS(=O)(=O)Cc2ccccc2)c1F)NCC1CCNCC1. The fraction of sp³-hybridized carbons (Fsp3) is 0.381. The summed E-state index contributed by atoms with van der Waals surface area (Å²) in [4.78, 5) is 12.2. The third kappa shape index (κ3) is 6.24. The average Bonchev–Trinajstić information content (AvgIpc) is 2.73. The summed E-state index contributed by atoms with van der Waals surface area (Å²) < 4.78 is 55.8. The second-order valence-corrected chi connectivity index (χ2v) is 9.13. The third-order valence-corrected chi connectivity index (χ3v) is 6.28. The van der Waals surface area contributed by atoms with E-state index in [0.29, 0.717) is 18.0 Å². The van der Waals surface area contributed by atoms with Crippen molar-refractivity contribution in [3.63, 3.8) is 0 Å². The largest absolute Gasteiger partial charge is 0.356 e. The number of piperidine rings is 1. The Kier molecular flexibility index (Phi) is 7.38. The number of hydrogen-bond donors (Lipinski definition) is 3. The molecule has 0 bridgehead atoms. The topological polar surface area (TPSA) is 87.3 Å². The number of halogens is 2. The van der Waals surface area contributed by atoms with Crippen molar-refractivity contribution in [1.82, 2.24) is 10.6 Å². The minimum absolute atomic E-state index is 0.334. The van der Waals surface area contributed by atoms with Crippen LogP contribution in [-0.4, -0.2) is 34.0 Å². The molecule has 6 nitrogen and oxygen atoms in total. The number of hydrogen-bond acceptors (Lipinski definition) is 4. The van der Waals surface area contributed by atoms with Gasteiger partial charge >= 0.3 is 0 Å². The third-order valence-electron chi connectivity index (χ3n) is 5.03. The fourth-order valence-corrected chi connectivity index (χ4v) is 4.60. The van der Waals surface area contributed by atoms with Crippen LogP contribution < -0.4 is 15.4 Å². The molecule has 0 saturated carbocycles. The van der Waals surface area contributed by atoms with E-state index in [2.05, 4.69) is 15.4 Å². The van der Waals surface area contributed by atoms with Gasteiger partial charge in [-0.3, -0.25) is 9.52 Å². The van der Waals surface area contributed by atoms with Crippen LogP contribution in [0.2, 0.25) is 0 Å². The molecule has 1 heterocycles. The summed E-state index contributed by atoms with van der Waals surface area (Å²) in [6, 6.07) is 10.4. The first-order chi connectivity index (χ1) is 14.3. The van der Waals surface area contributed by atoms with E-state index in [1.807, 2.05) is 0 Å². The van der Waals surface area contributed by atoms with Gasteiger partial charge in [-0.1, -0.05) is 30.3 Å². The van der Waals surface area contributed by atoms with Gasteiger partial charge in [0.15, 0.2) is 5.82 Å². The first-order valence-electron chi connectivity index (χ1n) is 9.83. The summed E-state index contributed by atoms with van der Waals surface area (Å²) in [5.41, 5.74) is -0.309. The van der Waals surface area contributed by atoms with E-state index in [1.165, 1.54) is 0 Å². The number of rotatable bonds is 8. The monoisotopic (exact) mass is 437 g/mol. The molecule has 0 unspecified atom stereocenters. The highest BCUT2D eigenvalue weighted by atomic mass is 32.2. The second kappa shape index (κ2) is 9.99. The van der Waals surface area contributed by atoms with Crippen LogP contribution in [0, 0.1) is 17.6 Å². The van der Waals surface area contributed by atoms with Crippen LogP contribution in [0.4, 0.5) is 14.5 Å². The van der Waals surface area contributed by atoms with Crippen LogP contribution in [0.15, 0.2) is 42.5 Å². The first kappa shape index (κ1) is 22.2. The molecule has 0 spiro atoms. The summed E-state index contributed by atoms with van der Waals surface area (Å²) in [5, 5.41) is 5.95. The van der Waals surface area contributed by atoms with E-state index in [1.54, 1.807) is 30.3 Å². The minimum Gasteiger partial charge on any atom is -0.356 e. The van der Waals surface area contributed by atoms with Crippen molar-refractivity contribution in [2.75, 3.05) is 24.4 Å². The van der Waals surface area contributed by atoms with Gasteiger partial charge in [0, 0.05) is 12.1 Å². The van der Waals surface area contributed by atoms with Crippen LogP contribution in [0.25, 0.3) is 0 Å². The molecule has 0 aromatic heterocycles. The van der Waals surface area contributed by atoms with Gasteiger partial charge in [0.25, 0.3) is 0 Å². The van der Waals surface area contributed by atoms with E-state index < -0.39 is 39.5 Å². The van der Waals surface area contributed by atoms with Crippen LogP contribution >= 0.6 is 0 Å². The molecule has 1 amide bonds. The molecule has 0 radical (unpaired) electrons. The number of nitrogens with one attached hydrogen (secondary N) is 3. The standard InChI is InChI=1S/C21H25F2N3O3S/c22-18-6-7-19(26-30(28,29)14-16-4-2-1-3-5-16)21(23)17(18)12-20(27)25-13-15-8-10-24-11-9-15/h1-7,15,24,26H,8-14H2,(H,25,27). The average molecular weight is 438 g/mol. The normalized spacial score (nSPS) is 15.0. The van der Waals surface area contributed by atoms with E-state index in [4.69, 9.17) is 0 Å². The number of carbonyl (C=O) groups excluding carboxylic acids is 1. The van der Waals surface area contributed by atoms with Crippen molar-refractivity contribution < 1.29 is 22.0 Å². The highest BCUT2D eigenvalue weighted by Crippen LogP contribution is 2.23. The highest BCUT2D eigenvalue weighted by Gasteiger charge is 2.21. The maximum atomic E-state index is 14.8. The molecule has 2 aromatic carbocycles. The van der Waals surface area contributed by atoms with Crippen molar-refractivity contribution >= 4 is 21.6 Å². The van der Waals surface area contributed by atoms with E-state index in [9.17, 15) is 22.0 Å². The summed E-state index contributed by atoms with van der Waals surface area (Å²) >= 11 is 0. The molecule has 2 aromatic rings. The zero-order valence-electron chi connectivity index (χ0n) is 16.5. The van der Waals surface area contributed by atoms with Gasteiger partial charge in [-0.15, -0.1) is 0 Å². The van der Waals surface area contributed by atoms with Crippen molar-refractivity contribution in [2.45, 2.75) is 25.0 Å². The van der Waals surface area contributed by atoms with E-state index in [-0.39, 0.29) is 11.4 Å². The number of benzene rings is 2.